The van der Waals surface area contributed by atoms with Crippen molar-refractivity contribution in [2.75, 3.05) is 51.3 Å². The van der Waals surface area contributed by atoms with E-state index in [1.165, 1.54) is 23.1 Å². The first-order chi connectivity index (χ1) is 19.0. The van der Waals surface area contributed by atoms with Crippen LogP contribution in [0.2, 0.25) is 5.02 Å². The zero-order valence-corrected chi connectivity index (χ0v) is 23.2. The molecule has 1 atom stereocenters. The number of likely N-dealkylation sites (tertiary alicyclic amines) is 1. The van der Waals surface area contributed by atoms with Crippen LogP contribution >= 0.6 is 11.6 Å². The second-order valence-corrected chi connectivity index (χ2v) is 11.0. The highest BCUT2D eigenvalue weighted by molar-refractivity contribution is 6.34. The van der Waals surface area contributed by atoms with Crippen LogP contribution in [0, 0.1) is 11.8 Å². The molecule has 2 aliphatic heterocycles. The summed E-state index contributed by atoms with van der Waals surface area (Å²) in [4.78, 5) is 30.3. The number of hydrogen-bond donors (Lipinski definition) is 2. The summed E-state index contributed by atoms with van der Waals surface area (Å²) in [5, 5.41) is 20.1. The molecule has 1 unspecified atom stereocenters. The molecule has 2 heterocycles. The van der Waals surface area contributed by atoms with Gasteiger partial charge in [0.15, 0.2) is 0 Å². The molecule has 2 amide bonds. The van der Waals surface area contributed by atoms with Crippen molar-refractivity contribution in [2.45, 2.75) is 37.5 Å². The molecule has 7 nitrogen and oxygen atoms in total. The number of carbonyl (C=O) groups excluding carboxylic acids is 2. The van der Waals surface area contributed by atoms with Crippen molar-refractivity contribution in [3.05, 3.63) is 64.7 Å². The highest BCUT2D eigenvalue weighted by Crippen LogP contribution is 2.42. The fraction of sp³-hybridized carbons (Fsp3) is 0.517. The Morgan fingerprint density at radius 3 is 2.08 bits per heavy atom. The van der Waals surface area contributed by atoms with E-state index in [2.05, 4.69) is 4.90 Å². The molecule has 2 aliphatic rings. The first kappa shape index (κ1) is 30.1. The largest absolute Gasteiger partial charge is 0.430 e. The van der Waals surface area contributed by atoms with Crippen LogP contribution in [0.3, 0.4) is 0 Å². The van der Waals surface area contributed by atoms with E-state index in [4.69, 9.17) is 16.7 Å². The summed E-state index contributed by atoms with van der Waals surface area (Å²) >= 11 is 6.42. The van der Waals surface area contributed by atoms with Crippen LogP contribution in [0.1, 0.15) is 41.6 Å². The number of likely N-dealkylation sites (N-methyl/N-ethyl adjacent to an activating group) is 1. The summed E-state index contributed by atoms with van der Waals surface area (Å²) in [6.07, 6.45) is -2.18. The van der Waals surface area contributed by atoms with E-state index >= 15 is 0 Å². The number of benzene rings is 2. The smallest absolute Gasteiger partial charge is 0.395 e. The number of piperidine rings is 2. The van der Waals surface area contributed by atoms with Crippen molar-refractivity contribution in [3.8, 4) is 0 Å². The van der Waals surface area contributed by atoms with Gasteiger partial charge in [-0.25, -0.2) is 0 Å². The lowest BCUT2D eigenvalue weighted by molar-refractivity contribution is -0.262. The van der Waals surface area contributed by atoms with Gasteiger partial charge in [0.1, 0.15) is 0 Å². The van der Waals surface area contributed by atoms with Gasteiger partial charge in [-0.3, -0.25) is 9.59 Å². The number of alkyl halides is 3. The molecule has 2 aromatic rings. The molecule has 0 aliphatic carbocycles. The van der Waals surface area contributed by atoms with Gasteiger partial charge in [0.2, 0.25) is 0 Å². The minimum atomic E-state index is -5.14. The van der Waals surface area contributed by atoms with Crippen LogP contribution in [0.4, 0.5) is 18.9 Å². The lowest BCUT2D eigenvalue weighted by atomic mass is 9.78. The maximum Gasteiger partial charge on any atom is 0.430 e. The molecule has 2 saturated heterocycles. The Balaban J connectivity index is 1.33. The Kier molecular flexibility index (Phi) is 9.32. The molecule has 0 radical (unpaired) electrons. The molecule has 0 saturated carbocycles. The third-order valence-corrected chi connectivity index (χ3v) is 8.59. The zero-order chi connectivity index (χ0) is 29.1. The quantitative estimate of drug-likeness (QED) is 0.509. The first-order valence-electron chi connectivity index (χ1n) is 13.5. The predicted molar refractivity (Wildman–Crippen MR) is 146 cm³/mol. The Labute approximate surface area is 237 Å². The molecule has 0 aromatic heterocycles. The number of carbonyl (C=O) groups is 2. The molecule has 2 N–H and O–H groups in total. The number of amides is 2. The number of aliphatic hydroxyl groups excluding tert-OH is 1. The summed E-state index contributed by atoms with van der Waals surface area (Å²) in [5.74, 6) is -0.910. The molecule has 2 fully saturated rings. The van der Waals surface area contributed by atoms with Crippen molar-refractivity contribution < 1.29 is 33.0 Å². The number of anilines is 1. The van der Waals surface area contributed by atoms with E-state index in [9.17, 15) is 27.9 Å². The average Bonchev–Trinajstić information content (AvgIpc) is 2.96. The summed E-state index contributed by atoms with van der Waals surface area (Å²) in [6, 6.07) is 11.9. The van der Waals surface area contributed by atoms with Crippen LogP contribution in [0.15, 0.2) is 48.5 Å². The highest BCUT2D eigenvalue weighted by Gasteiger charge is 2.62. The highest BCUT2D eigenvalue weighted by atomic mass is 35.5. The summed E-state index contributed by atoms with van der Waals surface area (Å²) in [7, 11) is 1.60. The van der Waals surface area contributed by atoms with Gasteiger partial charge in [-0.1, -0.05) is 41.9 Å². The fourth-order valence-corrected chi connectivity index (χ4v) is 6.11. The van der Waals surface area contributed by atoms with Crippen molar-refractivity contribution >= 4 is 29.1 Å². The molecule has 2 aromatic carbocycles. The Bertz CT molecular complexity index is 1180. The molecule has 0 spiro atoms. The van der Waals surface area contributed by atoms with Gasteiger partial charge in [-0.2, -0.15) is 13.2 Å². The average molecular weight is 582 g/mol. The summed E-state index contributed by atoms with van der Waals surface area (Å²) in [5.41, 5.74) is -2.75. The van der Waals surface area contributed by atoms with Gasteiger partial charge >= 0.3 is 6.18 Å². The molecule has 218 valence electrons. The first-order valence-corrected chi connectivity index (χ1v) is 13.9. The molecule has 0 bridgehead atoms. The topological polar surface area (TPSA) is 84.3 Å². The van der Waals surface area contributed by atoms with Gasteiger partial charge in [0, 0.05) is 51.0 Å². The van der Waals surface area contributed by atoms with E-state index in [0.717, 1.165) is 48.7 Å². The normalized spacial score (nSPS) is 18.9. The Morgan fingerprint density at radius 1 is 0.975 bits per heavy atom. The number of rotatable bonds is 7. The lowest BCUT2D eigenvalue weighted by Crippen LogP contribution is -2.57. The molecular formula is C29H35ClF3N3O4. The molecule has 11 heteroatoms. The second-order valence-electron chi connectivity index (χ2n) is 10.6. The third kappa shape index (κ3) is 6.09. The van der Waals surface area contributed by atoms with E-state index in [0.29, 0.717) is 29.3 Å². The van der Waals surface area contributed by atoms with Gasteiger partial charge < -0.3 is 24.9 Å². The lowest BCUT2D eigenvalue weighted by Gasteiger charge is -2.42. The number of hydrogen-bond acceptors (Lipinski definition) is 5. The number of nitrogens with zero attached hydrogens (tertiary/aromatic N) is 3. The second kappa shape index (κ2) is 12.4. The molecule has 4 rings (SSSR count). The van der Waals surface area contributed by atoms with Gasteiger partial charge in [0.25, 0.3) is 17.4 Å². The minimum absolute atomic E-state index is 0.133. The van der Waals surface area contributed by atoms with Crippen molar-refractivity contribution in [1.82, 2.24) is 9.80 Å². The van der Waals surface area contributed by atoms with Crippen molar-refractivity contribution in [2.24, 2.45) is 11.8 Å². The van der Waals surface area contributed by atoms with Gasteiger partial charge in [-0.05, 0) is 55.7 Å². The van der Waals surface area contributed by atoms with Crippen molar-refractivity contribution in [3.63, 3.8) is 0 Å². The van der Waals surface area contributed by atoms with Crippen molar-refractivity contribution in [1.29, 1.82) is 0 Å². The van der Waals surface area contributed by atoms with Crippen LogP contribution < -0.4 is 4.90 Å². The Morgan fingerprint density at radius 2 is 1.55 bits per heavy atom. The Hall–Kier alpha value is -2.82. The summed E-state index contributed by atoms with van der Waals surface area (Å²) in [6.45, 7) is 1.98. The maximum atomic E-state index is 14.0. The maximum absolute atomic E-state index is 14.0. The van der Waals surface area contributed by atoms with E-state index < -0.39 is 23.2 Å². The standard InChI is InChI=1S/C29H35ClF3N3O4/c1-34(17-18-37)26(38)24-8-7-23(19-25(24)30)35-13-9-20(10-14-35)21-11-15-36(16-12-21)27(39)28(40,29(31,32)33)22-5-3-2-4-6-22/h2-8,19-21,37,40H,9-18H2,1H3. The van der Waals surface area contributed by atoms with Crippen LogP contribution in [0.5, 0.6) is 0 Å². The number of aliphatic hydroxyl groups is 2. The van der Waals surface area contributed by atoms with Crippen LogP contribution in [-0.2, 0) is 10.4 Å². The number of halogens is 4. The van der Waals surface area contributed by atoms with Crippen LogP contribution in [0.25, 0.3) is 0 Å². The zero-order valence-electron chi connectivity index (χ0n) is 22.4. The van der Waals surface area contributed by atoms with E-state index in [-0.39, 0.29) is 38.1 Å². The predicted octanol–water partition coefficient (Wildman–Crippen LogP) is 4.31. The van der Waals surface area contributed by atoms with Gasteiger partial charge in [-0.15, -0.1) is 0 Å². The monoisotopic (exact) mass is 581 g/mol. The minimum Gasteiger partial charge on any atom is -0.395 e. The summed E-state index contributed by atoms with van der Waals surface area (Å²) < 4.78 is 41.9. The molecular weight excluding hydrogens is 547 g/mol. The molecule has 40 heavy (non-hydrogen) atoms. The third-order valence-electron chi connectivity index (χ3n) is 8.27. The van der Waals surface area contributed by atoms with Gasteiger partial charge in [0.05, 0.1) is 17.2 Å². The van der Waals surface area contributed by atoms with E-state index in [1.54, 1.807) is 19.2 Å². The van der Waals surface area contributed by atoms with E-state index in [1.807, 2.05) is 6.07 Å². The fourth-order valence-electron chi connectivity index (χ4n) is 5.85. The van der Waals surface area contributed by atoms with Crippen LogP contribution in [-0.4, -0.2) is 84.4 Å². The SMILES string of the molecule is CN(CCO)C(=O)c1ccc(N2CCC(C3CCN(C(=O)C(O)(c4ccccc4)C(F)(F)F)CC3)CC2)cc1Cl.